The Hall–Kier alpha value is -1.34. The third kappa shape index (κ3) is 1.38. The zero-order chi connectivity index (χ0) is 8.43. The fraction of sp³-hybridized carbons (Fsp3) is 0.500. The predicted octanol–water partition coefficient (Wildman–Crippen LogP) is -2.37. The maximum atomic E-state index is 10.7. The molecule has 1 unspecified atom stereocenters. The lowest BCUT2D eigenvalue weighted by Crippen LogP contribution is -2.50. The summed E-state index contributed by atoms with van der Waals surface area (Å²) in [5.41, 5.74) is 3.88. The summed E-state index contributed by atoms with van der Waals surface area (Å²) >= 11 is 0. The lowest BCUT2D eigenvalue weighted by molar-refractivity contribution is -0.120. The maximum Gasteiger partial charge on any atom is 0.352 e. The van der Waals surface area contributed by atoms with Gasteiger partial charge in [0.25, 0.3) is 0 Å². The molecule has 1 saturated heterocycles. The molecule has 0 aromatic heterocycles. The van der Waals surface area contributed by atoms with E-state index in [0.717, 1.165) is 5.01 Å². The Morgan fingerprint density at radius 3 is 2.91 bits per heavy atom. The first-order valence-corrected chi connectivity index (χ1v) is 2.92. The van der Waals surface area contributed by atoms with Gasteiger partial charge in [-0.05, 0) is 0 Å². The molecule has 1 aliphatic heterocycles. The first-order chi connectivity index (χ1) is 5.15. The van der Waals surface area contributed by atoms with Crippen LogP contribution >= 0.6 is 0 Å². The second-order valence-electron chi connectivity index (χ2n) is 2.04. The van der Waals surface area contributed by atoms with Crippen LogP contribution in [-0.2, 0) is 4.79 Å². The van der Waals surface area contributed by atoms with Crippen LogP contribution in [0.15, 0.2) is 0 Å². The Bertz CT molecular complexity index is 194. The van der Waals surface area contributed by atoms with Crippen LogP contribution in [0, 0.1) is 0 Å². The van der Waals surface area contributed by atoms with Crippen molar-refractivity contribution in [3.05, 3.63) is 0 Å². The van der Waals surface area contributed by atoms with Gasteiger partial charge in [0, 0.05) is 0 Å². The summed E-state index contributed by atoms with van der Waals surface area (Å²) < 4.78 is 0. The Balaban J connectivity index is 2.59. The van der Waals surface area contributed by atoms with Gasteiger partial charge in [0.15, 0.2) is 6.23 Å². The number of nitrogens with one attached hydrogen (secondary N) is 2. The highest BCUT2D eigenvalue weighted by Crippen LogP contribution is 2.05. The van der Waals surface area contributed by atoms with E-state index in [9.17, 15) is 9.59 Å². The van der Waals surface area contributed by atoms with Gasteiger partial charge in [-0.2, -0.15) is 0 Å². The molecule has 7 nitrogen and oxygen atoms in total. The molecule has 0 aromatic rings. The quantitative estimate of drug-likeness (QED) is 0.180. The van der Waals surface area contributed by atoms with Crippen molar-refractivity contribution in [3.63, 3.8) is 0 Å². The molecule has 1 fully saturated rings. The molecule has 5 N–H and O–H groups in total. The van der Waals surface area contributed by atoms with E-state index in [1.807, 2.05) is 0 Å². The van der Waals surface area contributed by atoms with Gasteiger partial charge < -0.3 is 5.11 Å². The topological polar surface area (TPSA) is 108 Å². The average Bonchev–Trinajstić information content (AvgIpc) is 2.28. The molecule has 11 heavy (non-hydrogen) atoms. The smallest absolute Gasteiger partial charge is 0.352 e. The van der Waals surface area contributed by atoms with E-state index in [-0.39, 0.29) is 6.42 Å². The number of nitrogens with zero attached hydrogens (tertiary/aromatic N) is 1. The van der Waals surface area contributed by atoms with E-state index in [2.05, 4.69) is 5.43 Å². The summed E-state index contributed by atoms with van der Waals surface area (Å²) in [5, 5.41) is 9.71. The van der Waals surface area contributed by atoms with E-state index in [1.165, 1.54) is 0 Å². The van der Waals surface area contributed by atoms with Gasteiger partial charge in [-0.1, -0.05) is 0 Å². The largest absolute Gasteiger partial charge is 0.371 e. The van der Waals surface area contributed by atoms with Crippen LogP contribution in [0.1, 0.15) is 6.42 Å². The second kappa shape index (κ2) is 2.72. The fourth-order valence-corrected chi connectivity index (χ4v) is 0.767. The van der Waals surface area contributed by atoms with E-state index in [0.29, 0.717) is 0 Å². The summed E-state index contributed by atoms with van der Waals surface area (Å²) in [5.74, 6) is 4.34. The zero-order valence-corrected chi connectivity index (χ0v) is 5.57. The van der Waals surface area contributed by atoms with E-state index in [1.54, 1.807) is 5.43 Å². The third-order valence-corrected chi connectivity index (χ3v) is 1.25. The van der Waals surface area contributed by atoms with Gasteiger partial charge in [0.2, 0.25) is 5.91 Å². The first-order valence-electron chi connectivity index (χ1n) is 2.92. The van der Waals surface area contributed by atoms with Crippen LogP contribution in [0.5, 0.6) is 0 Å². The Kier molecular flexibility index (Phi) is 1.92. The minimum Gasteiger partial charge on any atom is -0.371 e. The SMILES string of the molecule is NNC(=O)N1NC(=O)CC1O. The standard InChI is InChI=1S/C4H8N4O3/c5-6-4(11)8-3(10)1-2(9)7-8/h3,10H,1,5H2,(H,6,11)(H,7,9). The third-order valence-electron chi connectivity index (χ3n) is 1.25. The summed E-state index contributed by atoms with van der Waals surface area (Å²) in [6.07, 6.45) is -1.25. The molecule has 0 radical (unpaired) electrons. The molecule has 1 heterocycles. The monoisotopic (exact) mass is 160 g/mol. The lowest BCUT2D eigenvalue weighted by atomic mass is 10.4. The number of aliphatic hydroxyl groups is 1. The molecule has 62 valence electrons. The van der Waals surface area contributed by atoms with Crippen LogP contribution < -0.4 is 16.7 Å². The van der Waals surface area contributed by atoms with Crippen molar-refractivity contribution in [2.24, 2.45) is 5.84 Å². The molecular weight excluding hydrogens is 152 g/mol. The number of amides is 3. The van der Waals surface area contributed by atoms with Crippen molar-refractivity contribution in [1.29, 1.82) is 0 Å². The summed E-state index contributed by atoms with van der Waals surface area (Å²) in [4.78, 5) is 21.2. The van der Waals surface area contributed by atoms with Crippen molar-refractivity contribution in [3.8, 4) is 0 Å². The van der Waals surface area contributed by atoms with Crippen molar-refractivity contribution in [1.82, 2.24) is 15.9 Å². The average molecular weight is 160 g/mol. The number of urea groups is 1. The van der Waals surface area contributed by atoms with Crippen LogP contribution in [0.2, 0.25) is 0 Å². The molecule has 1 rings (SSSR count). The van der Waals surface area contributed by atoms with Crippen LogP contribution in [0.4, 0.5) is 4.79 Å². The zero-order valence-electron chi connectivity index (χ0n) is 5.57. The molecule has 0 aromatic carbocycles. The number of hydrogen-bond donors (Lipinski definition) is 4. The number of hydrogen-bond acceptors (Lipinski definition) is 4. The molecule has 0 spiro atoms. The Labute approximate surface area is 62.1 Å². The van der Waals surface area contributed by atoms with Crippen LogP contribution in [0.3, 0.4) is 0 Å². The summed E-state index contributed by atoms with van der Waals surface area (Å²) in [7, 11) is 0. The van der Waals surface area contributed by atoms with E-state index >= 15 is 0 Å². The number of aliphatic hydroxyl groups excluding tert-OH is 1. The van der Waals surface area contributed by atoms with Crippen molar-refractivity contribution < 1.29 is 14.7 Å². The Morgan fingerprint density at radius 1 is 1.91 bits per heavy atom. The highest BCUT2D eigenvalue weighted by molar-refractivity contribution is 5.84. The fourth-order valence-electron chi connectivity index (χ4n) is 0.767. The molecule has 7 heteroatoms. The van der Waals surface area contributed by atoms with Crippen molar-refractivity contribution in [2.75, 3.05) is 0 Å². The summed E-state index contributed by atoms with van der Waals surface area (Å²) in [6, 6.07) is -0.747. The van der Waals surface area contributed by atoms with Gasteiger partial charge >= 0.3 is 6.03 Å². The normalized spacial score (nSPS) is 23.3. The number of rotatable bonds is 0. The molecule has 1 aliphatic rings. The minimum atomic E-state index is -1.13. The Morgan fingerprint density at radius 2 is 2.55 bits per heavy atom. The van der Waals surface area contributed by atoms with Crippen LogP contribution in [0.25, 0.3) is 0 Å². The molecule has 0 saturated carbocycles. The summed E-state index contributed by atoms with van der Waals surface area (Å²) in [6.45, 7) is 0. The minimum absolute atomic E-state index is 0.118. The molecular formula is C4H8N4O3. The van der Waals surface area contributed by atoms with Gasteiger partial charge in [-0.15, -0.1) is 0 Å². The van der Waals surface area contributed by atoms with Gasteiger partial charge in [-0.3, -0.25) is 15.6 Å². The molecule has 1 atom stereocenters. The lowest BCUT2D eigenvalue weighted by Gasteiger charge is -2.17. The number of hydrazine groups is 2. The van der Waals surface area contributed by atoms with Crippen LogP contribution in [-0.4, -0.2) is 28.3 Å². The van der Waals surface area contributed by atoms with Crippen molar-refractivity contribution in [2.45, 2.75) is 12.6 Å². The van der Waals surface area contributed by atoms with Gasteiger partial charge in [0.1, 0.15) is 0 Å². The van der Waals surface area contributed by atoms with Gasteiger partial charge in [-0.25, -0.2) is 15.6 Å². The highest BCUT2D eigenvalue weighted by Gasteiger charge is 2.31. The number of nitrogens with two attached hydrogens (primary N) is 1. The second-order valence-corrected chi connectivity index (χ2v) is 2.04. The molecule has 0 aliphatic carbocycles. The van der Waals surface area contributed by atoms with E-state index < -0.39 is 18.2 Å². The molecule has 3 amide bonds. The number of carbonyl (C=O) groups excluding carboxylic acids is 2. The van der Waals surface area contributed by atoms with Gasteiger partial charge in [0.05, 0.1) is 6.42 Å². The maximum absolute atomic E-state index is 10.7. The predicted molar refractivity (Wildman–Crippen MR) is 33.3 cm³/mol. The number of carbonyl (C=O) groups is 2. The van der Waals surface area contributed by atoms with Crippen molar-refractivity contribution >= 4 is 11.9 Å². The molecule has 0 bridgehead atoms. The van der Waals surface area contributed by atoms with E-state index in [4.69, 9.17) is 10.9 Å². The first kappa shape index (κ1) is 7.76. The highest BCUT2D eigenvalue weighted by atomic mass is 16.3.